The Morgan fingerprint density at radius 3 is 2.91 bits per heavy atom. The lowest BCUT2D eigenvalue weighted by Gasteiger charge is -2.06. The molecule has 0 bridgehead atoms. The molecule has 1 aromatic heterocycles. The number of carbonyl (C=O) groups is 1. The molecule has 0 saturated heterocycles. The molecular weight excluding hydrogens is 346 g/mol. The van der Waals surface area contributed by atoms with Crippen molar-refractivity contribution in [1.82, 2.24) is 9.97 Å². The van der Waals surface area contributed by atoms with Crippen molar-refractivity contribution in [3.63, 3.8) is 0 Å². The second-order valence-corrected chi connectivity index (χ2v) is 6.09. The summed E-state index contributed by atoms with van der Waals surface area (Å²) in [6.07, 6.45) is 4.19. The second kappa shape index (κ2) is 6.87. The van der Waals surface area contributed by atoms with Crippen molar-refractivity contribution in [2.24, 2.45) is 5.92 Å². The summed E-state index contributed by atoms with van der Waals surface area (Å²) in [7, 11) is 0. The minimum absolute atomic E-state index is 0.0118. The SMILES string of the molecule is O=C(OCCNc1ncccn1)[C@@H]1C[C@H]1c1cccc(Br)c1. The van der Waals surface area contributed by atoms with Crippen molar-refractivity contribution in [2.45, 2.75) is 12.3 Å². The Balaban J connectivity index is 1.40. The van der Waals surface area contributed by atoms with E-state index in [1.165, 1.54) is 5.56 Å². The molecule has 0 spiro atoms. The highest BCUT2D eigenvalue weighted by Gasteiger charge is 2.45. The molecule has 3 rings (SSSR count). The first-order valence-electron chi connectivity index (χ1n) is 7.17. The van der Waals surface area contributed by atoms with Crippen molar-refractivity contribution in [2.75, 3.05) is 18.5 Å². The van der Waals surface area contributed by atoms with Crippen molar-refractivity contribution in [3.8, 4) is 0 Å². The molecule has 0 amide bonds. The Bertz CT molecular complexity index is 651. The summed E-state index contributed by atoms with van der Waals surface area (Å²) in [6, 6.07) is 9.84. The molecule has 5 nitrogen and oxygen atoms in total. The molecule has 1 fully saturated rings. The van der Waals surface area contributed by atoms with E-state index in [-0.39, 0.29) is 17.8 Å². The molecule has 1 N–H and O–H groups in total. The third kappa shape index (κ3) is 3.82. The topological polar surface area (TPSA) is 64.1 Å². The molecule has 6 heteroatoms. The molecule has 0 radical (unpaired) electrons. The summed E-state index contributed by atoms with van der Waals surface area (Å²) in [6.45, 7) is 0.822. The molecular formula is C16H16BrN3O2. The van der Waals surface area contributed by atoms with Crippen molar-refractivity contribution in [3.05, 3.63) is 52.8 Å². The van der Waals surface area contributed by atoms with Crippen LogP contribution in [0.2, 0.25) is 0 Å². The fraction of sp³-hybridized carbons (Fsp3) is 0.312. The van der Waals surface area contributed by atoms with E-state index in [1.54, 1.807) is 18.5 Å². The predicted molar refractivity (Wildman–Crippen MR) is 86.5 cm³/mol. The normalized spacial score (nSPS) is 19.5. The Morgan fingerprint density at radius 2 is 2.14 bits per heavy atom. The van der Waals surface area contributed by atoms with E-state index in [2.05, 4.69) is 43.3 Å². The zero-order valence-electron chi connectivity index (χ0n) is 11.9. The summed E-state index contributed by atoms with van der Waals surface area (Å²) in [5.74, 6) is 0.690. The minimum atomic E-state index is -0.124. The van der Waals surface area contributed by atoms with Crippen LogP contribution in [0.5, 0.6) is 0 Å². The maximum atomic E-state index is 12.0. The number of esters is 1. The molecule has 114 valence electrons. The Labute approximate surface area is 137 Å². The largest absolute Gasteiger partial charge is 0.464 e. The van der Waals surface area contributed by atoms with Crippen LogP contribution in [0.15, 0.2) is 47.2 Å². The second-order valence-electron chi connectivity index (χ2n) is 5.17. The van der Waals surface area contributed by atoms with Crippen molar-refractivity contribution >= 4 is 27.8 Å². The molecule has 1 heterocycles. The Morgan fingerprint density at radius 1 is 1.32 bits per heavy atom. The van der Waals surface area contributed by atoms with Gasteiger partial charge in [0.2, 0.25) is 5.95 Å². The zero-order chi connectivity index (χ0) is 15.4. The predicted octanol–water partition coefficient (Wildman–Crippen LogP) is 3.00. The van der Waals surface area contributed by atoms with Crippen LogP contribution in [-0.2, 0) is 9.53 Å². The molecule has 1 aliphatic rings. The molecule has 2 aromatic rings. The van der Waals surface area contributed by atoms with Gasteiger partial charge in [-0.1, -0.05) is 28.1 Å². The van der Waals surface area contributed by atoms with E-state index >= 15 is 0 Å². The lowest BCUT2D eigenvalue weighted by atomic mass is 10.1. The van der Waals surface area contributed by atoms with Gasteiger partial charge in [-0.3, -0.25) is 4.79 Å². The first kappa shape index (κ1) is 15.0. The monoisotopic (exact) mass is 361 g/mol. The summed E-state index contributed by atoms with van der Waals surface area (Å²) in [4.78, 5) is 20.1. The van der Waals surface area contributed by atoms with Gasteiger partial charge in [0, 0.05) is 16.9 Å². The zero-order valence-corrected chi connectivity index (χ0v) is 13.5. The molecule has 2 atom stereocenters. The number of rotatable bonds is 6. The molecule has 1 aliphatic carbocycles. The standard InChI is InChI=1S/C16H16BrN3O2/c17-12-4-1-3-11(9-12)13-10-14(13)15(21)22-8-7-20-16-18-5-2-6-19-16/h1-6,9,13-14H,7-8,10H2,(H,18,19,20)/t13-,14+/m0/s1. The molecule has 0 unspecified atom stereocenters. The highest BCUT2D eigenvalue weighted by molar-refractivity contribution is 9.10. The van der Waals surface area contributed by atoms with Gasteiger partial charge >= 0.3 is 5.97 Å². The maximum absolute atomic E-state index is 12.0. The first-order valence-corrected chi connectivity index (χ1v) is 7.96. The van der Waals surface area contributed by atoms with E-state index in [0.717, 1.165) is 10.9 Å². The third-order valence-electron chi connectivity index (χ3n) is 3.57. The number of benzene rings is 1. The Hall–Kier alpha value is -1.95. The van der Waals surface area contributed by atoms with E-state index in [4.69, 9.17) is 4.74 Å². The first-order chi connectivity index (χ1) is 10.7. The van der Waals surface area contributed by atoms with Gasteiger partial charge in [0.25, 0.3) is 0 Å². The van der Waals surface area contributed by atoms with Crippen LogP contribution >= 0.6 is 15.9 Å². The van der Waals surface area contributed by atoms with Crippen LogP contribution in [0.25, 0.3) is 0 Å². The van der Waals surface area contributed by atoms with Crippen molar-refractivity contribution in [1.29, 1.82) is 0 Å². The summed E-state index contributed by atoms with van der Waals surface area (Å²) in [5.41, 5.74) is 1.19. The third-order valence-corrected chi connectivity index (χ3v) is 4.06. The smallest absolute Gasteiger partial charge is 0.309 e. The molecule has 1 aromatic carbocycles. The van der Waals surface area contributed by atoms with Gasteiger partial charge in [-0.25, -0.2) is 9.97 Å². The van der Waals surface area contributed by atoms with Crippen LogP contribution < -0.4 is 5.32 Å². The lowest BCUT2D eigenvalue weighted by molar-refractivity contribution is -0.144. The van der Waals surface area contributed by atoms with Crippen LogP contribution in [0.1, 0.15) is 17.9 Å². The van der Waals surface area contributed by atoms with Crippen LogP contribution in [0, 0.1) is 5.92 Å². The maximum Gasteiger partial charge on any atom is 0.309 e. The van der Waals surface area contributed by atoms with Gasteiger partial charge in [0.15, 0.2) is 0 Å². The molecule has 1 saturated carbocycles. The van der Waals surface area contributed by atoms with Crippen molar-refractivity contribution < 1.29 is 9.53 Å². The summed E-state index contributed by atoms with van der Waals surface area (Å²) >= 11 is 3.45. The van der Waals surface area contributed by atoms with Crippen LogP contribution in [0.4, 0.5) is 5.95 Å². The van der Waals surface area contributed by atoms with Gasteiger partial charge in [0.1, 0.15) is 6.61 Å². The van der Waals surface area contributed by atoms with E-state index in [9.17, 15) is 4.79 Å². The number of aromatic nitrogens is 2. The number of nitrogens with one attached hydrogen (secondary N) is 1. The number of nitrogens with zero attached hydrogens (tertiary/aromatic N) is 2. The highest BCUT2D eigenvalue weighted by atomic mass is 79.9. The average molecular weight is 362 g/mol. The van der Waals surface area contributed by atoms with E-state index in [0.29, 0.717) is 19.1 Å². The number of hydrogen-bond donors (Lipinski definition) is 1. The molecule has 0 aliphatic heterocycles. The molecule has 22 heavy (non-hydrogen) atoms. The fourth-order valence-corrected chi connectivity index (χ4v) is 2.79. The van der Waals surface area contributed by atoms with Crippen LogP contribution in [-0.4, -0.2) is 29.1 Å². The number of ether oxygens (including phenoxy) is 1. The number of halogens is 1. The number of anilines is 1. The van der Waals surface area contributed by atoms with Gasteiger partial charge < -0.3 is 10.1 Å². The quantitative estimate of drug-likeness (QED) is 0.632. The van der Waals surface area contributed by atoms with Crippen LogP contribution in [0.3, 0.4) is 0 Å². The average Bonchev–Trinajstić information content (AvgIpc) is 3.33. The highest BCUT2D eigenvalue weighted by Crippen LogP contribution is 2.48. The minimum Gasteiger partial charge on any atom is -0.464 e. The summed E-state index contributed by atoms with van der Waals surface area (Å²) < 4.78 is 6.34. The lowest BCUT2D eigenvalue weighted by Crippen LogP contribution is -2.16. The Kier molecular flexibility index (Phi) is 4.68. The van der Waals surface area contributed by atoms with Gasteiger partial charge in [-0.05, 0) is 36.1 Å². The van der Waals surface area contributed by atoms with Gasteiger partial charge in [-0.15, -0.1) is 0 Å². The van der Waals surface area contributed by atoms with E-state index < -0.39 is 0 Å². The fourth-order valence-electron chi connectivity index (χ4n) is 2.37. The van der Waals surface area contributed by atoms with Gasteiger partial charge in [0.05, 0.1) is 12.5 Å². The van der Waals surface area contributed by atoms with E-state index in [1.807, 2.05) is 12.1 Å². The number of carbonyl (C=O) groups excluding carboxylic acids is 1. The number of hydrogen-bond acceptors (Lipinski definition) is 5. The summed E-state index contributed by atoms with van der Waals surface area (Å²) in [5, 5.41) is 3.00. The van der Waals surface area contributed by atoms with Gasteiger partial charge in [-0.2, -0.15) is 0 Å².